The Hall–Kier alpha value is -1.13. The fourth-order valence-electron chi connectivity index (χ4n) is 3.36. The first-order valence-electron chi connectivity index (χ1n) is 7.75. The quantitative estimate of drug-likeness (QED) is 0.766. The molecule has 114 valence electrons. The van der Waals surface area contributed by atoms with Crippen LogP contribution in [0.15, 0.2) is 18.3 Å². The van der Waals surface area contributed by atoms with Crippen molar-refractivity contribution in [1.29, 1.82) is 0 Å². The fourth-order valence-corrected chi connectivity index (χ4v) is 3.36. The zero-order chi connectivity index (χ0) is 15.2. The number of hydrogen-bond donors (Lipinski definition) is 2. The molecule has 0 radical (unpaired) electrons. The lowest BCUT2D eigenvalue weighted by Gasteiger charge is -2.46. The second-order valence-corrected chi connectivity index (χ2v) is 5.34. The molecule has 1 atom stereocenters. The highest BCUT2D eigenvalue weighted by Crippen LogP contribution is 2.29. The summed E-state index contributed by atoms with van der Waals surface area (Å²) in [5, 5.41) is 0. The lowest BCUT2D eigenvalue weighted by Crippen LogP contribution is -2.60. The Balaban J connectivity index is 3.00. The molecule has 20 heavy (non-hydrogen) atoms. The minimum Gasteiger partial charge on any atom is -0.383 e. The summed E-state index contributed by atoms with van der Waals surface area (Å²) in [5.41, 5.74) is 13.6. The Morgan fingerprint density at radius 3 is 2.25 bits per heavy atom. The first-order chi connectivity index (χ1) is 9.55. The van der Waals surface area contributed by atoms with Gasteiger partial charge in [0.2, 0.25) is 0 Å². The minimum atomic E-state index is 0.0335. The zero-order valence-corrected chi connectivity index (χ0v) is 13.4. The van der Waals surface area contributed by atoms with Crippen molar-refractivity contribution in [2.45, 2.75) is 58.5 Å². The third-order valence-corrected chi connectivity index (χ3v) is 4.67. The van der Waals surface area contributed by atoms with Gasteiger partial charge in [-0.2, -0.15) is 0 Å². The van der Waals surface area contributed by atoms with Crippen LogP contribution in [-0.4, -0.2) is 34.6 Å². The van der Waals surface area contributed by atoms with Crippen molar-refractivity contribution < 1.29 is 0 Å². The van der Waals surface area contributed by atoms with E-state index in [4.69, 9.17) is 11.5 Å². The van der Waals surface area contributed by atoms with E-state index in [1.54, 1.807) is 6.20 Å². The molecule has 4 heteroatoms. The van der Waals surface area contributed by atoms with Crippen LogP contribution in [0.25, 0.3) is 0 Å². The van der Waals surface area contributed by atoms with Crippen LogP contribution in [0.4, 0.5) is 5.82 Å². The maximum Gasteiger partial charge on any atom is 0.126 e. The van der Waals surface area contributed by atoms with Crippen LogP contribution in [0.2, 0.25) is 0 Å². The molecular formula is C16H30N4. The van der Waals surface area contributed by atoms with Crippen molar-refractivity contribution >= 4 is 5.82 Å². The Kier molecular flexibility index (Phi) is 6.43. The number of pyridine rings is 1. The first kappa shape index (κ1) is 16.9. The Labute approximate surface area is 123 Å². The summed E-state index contributed by atoms with van der Waals surface area (Å²) in [6.07, 6.45) is 4.60. The summed E-state index contributed by atoms with van der Waals surface area (Å²) < 4.78 is 0. The second-order valence-electron chi connectivity index (χ2n) is 5.34. The molecule has 0 bridgehead atoms. The minimum absolute atomic E-state index is 0.0335. The van der Waals surface area contributed by atoms with Crippen molar-refractivity contribution in [3.8, 4) is 0 Å². The van der Waals surface area contributed by atoms with Gasteiger partial charge in [-0.3, -0.25) is 4.90 Å². The van der Waals surface area contributed by atoms with Gasteiger partial charge >= 0.3 is 0 Å². The van der Waals surface area contributed by atoms with E-state index in [-0.39, 0.29) is 11.6 Å². The average Bonchev–Trinajstić information content (AvgIpc) is 2.47. The van der Waals surface area contributed by atoms with Gasteiger partial charge in [-0.05, 0) is 44.0 Å². The summed E-state index contributed by atoms with van der Waals surface area (Å²) in [6, 6.07) is 4.01. The van der Waals surface area contributed by atoms with Crippen LogP contribution in [0.5, 0.6) is 0 Å². The van der Waals surface area contributed by atoms with Crippen molar-refractivity contribution in [3.63, 3.8) is 0 Å². The summed E-state index contributed by atoms with van der Waals surface area (Å²) in [7, 11) is 0. The molecule has 0 aliphatic rings. The molecule has 0 saturated carbocycles. The largest absolute Gasteiger partial charge is 0.383 e. The molecular weight excluding hydrogens is 248 g/mol. The molecule has 0 spiro atoms. The van der Waals surface area contributed by atoms with E-state index in [1.165, 1.54) is 0 Å². The molecule has 1 aromatic heterocycles. The predicted octanol–water partition coefficient (Wildman–Crippen LogP) is 2.43. The topological polar surface area (TPSA) is 68.2 Å². The predicted molar refractivity (Wildman–Crippen MR) is 86.6 cm³/mol. The van der Waals surface area contributed by atoms with Crippen LogP contribution in [0, 0.1) is 0 Å². The molecule has 4 N–H and O–H groups in total. The maximum atomic E-state index is 6.60. The third-order valence-electron chi connectivity index (χ3n) is 4.67. The smallest absolute Gasteiger partial charge is 0.126 e. The van der Waals surface area contributed by atoms with Gasteiger partial charge in [0.25, 0.3) is 0 Å². The van der Waals surface area contributed by atoms with E-state index in [2.05, 4.69) is 37.6 Å². The zero-order valence-electron chi connectivity index (χ0n) is 13.4. The van der Waals surface area contributed by atoms with Gasteiger partial charge in [-0.15, -0.1) is 0 Å². The summed E-state index contributed by atoms with van der Waals surface area (Å²) >= 11 is 0. The number of rotatable bonds is 8. The number of nitrogen functional groups attached to an aromatic ring is 1. The highest BCUT2D eigenvalue weighted by atomic mass is 15.2. The molecule has 1 rings (SSSR count). The van der Waals surface area contributed by atoms with Gasteiger partial charge in [0.15, 0.2) is 0 Å². The lowest BCUT2D eigenvalue weighted by molar-refractivity contribution is 0.0628. The van der Waals surface area contributed by atoms with Crippen LogP contribution < -0.4 is 11.5 Å². The molecule has 0 aromatic carbocycles. The molecule has 0 saturated heterocycles. The van der Waals surface area contributed by atoms with Gasteiger partial charge < -0.3 is 11.5 Å². The molecule has 1 aromatic rings. The van der Waals surface area contributed by atoms with E-state index in [0.29, 0.717) is 5.82 Å². The van der Waals surface area contributed by atoms with Crippen molar-refractivity contribution in [3.05, 3.63) is 23.9 Å². The Morgan fingerprint density at radius 1 is 1.20 bits per heavy atom. The van der Waals surface area contributed by atoms with Crippen LogP contribution >= 0.6 is 0 Å². The number of nitrogens with two attached hydrogens (primary N) is 2. The van der Waals surface area contributed by atoms with Crippen molar-refractivity contribution in [2.75, 3.05) is 18.8 Å². The normalized spacial score (nSPS) is 13.7. The summed E-state index contributed by atoms with van der Waals surface area (Å²) in [4.78, 5) is 6.65. The van der Waals surface area contributed by atoms with Gasteiger partial charge in [-0.1, -0.05) is 33.8 Å². The summed E-state index contributed by atoms with van der Waals surface area (Å²) in [5.74, 6) is 0.601. The molecule has 1 unspecified atom stereocenters. The second kappa shape index (κ2) is 7.60. The van der Waals surface area contributed by atoms with Gasteiger partial charge in [0, 0.05) is 17.8 Å². The fraction of sp³-hybridized carbons (Fsp3) is 0.688. The Morgan fingerprint density at radius 2 is 1.80 bits per heavy atom. The van der Waals surface area contributed by atoms with E-state index in [1.807, 2.05) is 12.1 Å². The molecule has 0 aliphatic carbocycles. The van der Waals surface area contributed by atoms with Gasteiger partial charge in [0.05, 0.1) is 0 Å². The standard InChI is InChI=1S/C16H30N4/c1-5-16(6-2,20(7-3)8-4)14(17)12-13-10-9-11-19-15(13)18/h9-11,14H,5-8,12,17H2,1-4H3,(H2,18,19). The molecule has 0 amide bonds. The van der Waals surface area contributed by atoms with Crippen LogP contribution in [0.3, 0.4) is 0 Å². The maximum absolute atomic E-state index is 6.60. The van der Waals surface area contributed by atoms with Crippen LogP contribution in [-0.2, 0) is 6.42 Å². The van der Waals surface area contributed by atoms with Crippen molar-refractivity contribution in [1.82, 2.24) is 9.88 Å². The SMILES string of the molecule is CCN(CC)C(CC)(CC)C(N)Cc1cccnc1N. The number of likely N-dealkylation sites (N-methyl/N-ethyl adjacent to an activating group) is 1. The van der Waals surface area contributed by atoms with E-state index >= 15 is 0 Å². The van der Waals surface area contributed by atoms with E-state index < -0.39 is 0 Å². The molecule has 4 nitrogen and oxygen atoms in total. The number of aromatic nitrogens is 1. The van der Waals surface area contributed by atoms with Crippen molar-refractivity contribution in [2.24, 2.45) is 5.73 Å². The molecule has 1 heterocycles. The molecule has 0 fully saturated rings. The van der Waals surface area contributed by atoms with E-state index in [0.717, 1.165) is 37.9 Å². The third kappa shape index (κ3) is 3.30. The number of anilines is 1. The number of nitrogens with zero attached hydrogens (tertiary/aromatic N) is 2. The van der Waals surface area contributed by atoms with Crippen LogP contribution in [0.1, 0.15) is 46.1 Å². The number of hydrogen-bond acceptors (Lipinski definition) is 4. The molecule has 0 aliphatic heterocycles. The highest BCUT2D eigenvalue weighted by molar-refractivity contribution is 5.39. The summed E-state index contributed by atoms with van der Waals surface area (Å²) in [6.45, 7) is 10.9. The van der Waals surface area contributed by atoms with E-state index in [9.17, 15) is 0 Å². The van der Waals surface area contributed by atoms with Gasteiger partial charge in [0.1, 0.15) is 5.82 Å². The monoisotopic (exact) mass is 278 g/mol. The highest BCUT2D eigenvalue weighted by Gasteiger charge is 2.37. The Bertz CT molecular complexity index is 397. The average molecular weight is 278 g/mol. The first-order valence-corrected chi connectivity index (χ1v) is 7.75. The van der Waals surface area contributed by atoms with Gasteiger partial charge in [-0.25, -0.2) is 4.98 Å². The lowest BCUT2D eigenvalue weighted by atomic mass is 9.80.